The predicted molar refractivity (Wildman–Crippen MR) is 27.0 cm³/mol. The molecule has 0 bridgehead atoms. The van der Waals surface area contributed by atoms with Crippen molar-refractivity contribution in [1.82, 2.24) is 0 Å². The lowest BCUT2D eigenvalue weighted by Gasteiger charge is -1.65. The topological polar surface area (TPSA) is 82.1 Å². The summed E-state index contributed by atoms with van der Waals surface area (Å²) in [4.78, 5) is 0. The van der Waals surface area contributed by atoms with Crippen LogP contribution in [0, 0.1) is 0 Å². The lowest BCUT2D eigenvalue weighted by atomic mass is 11.8. The Bertz CT molecular complexity index is 106. The van der Waals surface area contributed by atoms with Gasteiger partial charge in [-0.1, -0.05) is 0 Å². The molecule has 0 aliphatic heterocycles. The summed E-state index contributed by atoms with van der Waals surface area (Å²) in [7, 11) is -4.07. The Morgan fingerprint density at radius 1 is 1.33 bits per heavy atom. The van der Waals surface area contributed by atoms with Crippen LogP contribution in [-0.4, -0.2) is 12.4 Å². The van der Waals surface area contributed by atoms with E-state index in [1.807, 2.05) is 0 Å². The summed E-state index contributed by atoms with van der Waals surface area (Å²) in [5.41, 5.74) is 0. The lowest BCUT2D eigenvalue weighted by Crippen LogP contribution is -1.71. The fourth-order valence-corrected chi connectivity index (χ4v) is 0.924. The van der Waals surface area contributed by atoms with Crippen molar-refractivity contribution < 1.29 is 27.9 Å². The van der Waals surface area contributed by atoms with Crippen molar-refractivity contribution in [3.05, 3.63) is 0 Å². The van der Waals surface area contributed by atoms with E-state index in [2.05, 4.69) is 13.5 Å². The van der Waals surface area contributed by atoms with Gasteiger partial charge in [0, 0.05) is 9.13 Å². The summed E-state index contributed by atoms with van der Waals surface area (Å²) in [5, 5.41) is 7.59. The third-order valence-electron chi connectivity index (χ3n) is 0.349. The van der Waals surface area contributed by atoms with Gasteiger partial charge in [0.05, 0.1) is 11.8 Å². The van der Waals surface area contributed by atoms with Gasteiger partial charge in [0.15, 0.2) is 4.31 Å². The molecule has 0 amide bonds. The van der Waals surface area contributed by atoms with Gasteiger partial charge in [-0.05, 0) is 0 Å². The van der Waals surface area contributed by atoms with E-state index in [1.54, 1.807) is 0 Å². The van der Waals surface area contributed by atoms with Gasteiger partial charge in [-0.15, -0.1) is 4.52 Å². The standard InChI is InChI=1S/CH3O6P2/c1-5-8(3)7-9(4)6-2/h1H3/q+1/p+1. The van der Waals surface area contributed by atoms with E-state index in [-0.39, 0.29) is 0 Å². The molecule has 2 unspecified atom stereocenters. The molecule has 0 saturated carbocycles. The maximum absolute atomic E-state index is 10.1. The second-order valence-corrected chi connectivity index (χ2v) is 2.87. The zero-order chi connectivity index (χ0) is 7.28. The van der Waals surface area contributed by atoms with Crippen LogP contribution in [0.25, 0.3) is 0 Å². The summed E-state index contributed by atoms with van der Waals surface area (Å²) in [5.74, 6) is 0. The van der Waals surface area contributed by atoms with Crippen molar-refractivity contribution in [3.63, 3.8) is 0 Å². The highest BCUT2D eigenvalue weighted by atomic mass is 31.2. The van der Waals surface area contributed by atoms with Crippen LogP contribution in [0.1, 0.15) is 0 Å². The van der Waals surface area contributed by atoms with Crippen molar-refractivity contribution in [2.75, 3.05) is 7.11 Å². The summed E-state index contributed by atoms with van der Waals surface area (Å²) in [6.07, 6.45) is 0. The Hall–Kier alpha value is 0.0400. The lowest BCUT2D eigenvalue weighted by molar-refractivity contribution is -0.137. The fourth-order valence-electron chi connectivity index (χ4n) is 0.103. The summed E-state index contributed by atoms with van der Waals surface area (Å²) >= 11 is 0. The quantitative estimate of drug-likeness (QED) is 0.394. The van der Waals surface area contributed by atoms with Crippen molar-refractivity contribution in [1.29, 1.82) is 0 Å². The Balaban J connectivity index is 3.47. The molecular weight excluding hydrogens is 170 g/mol. The Morgan fingerprint density at radius 3 is 2.22 bits per heavy atom. The number of hydrogen-bond acceptors (Lipinski definition) is 6. The molecule has 0 aliphatic rings. The molecule has 2 atom stereocenters. The van der Waals surface area contributed by atoms with Gasteiger partial charge in [0.25, 0.3) is 0 Å². The van der Waals surface area contributed by atoms with Gasteiger partial charge in [-0.25, -0.2) is 5.26 Å². The molecule has 0 saturated heterocycles. The van der Waals surface area contributed by atoms with Crippen LogP contribution in [0.5, 0.6) is 0 Å². The van der Waals surface area contributed by atoms with Gasteiger partial charge in [-0.2, -0.15) is 0 Å². The predicted octanol–water partition coefficient (Wildman–Crippen LogP) is 1.45. The molecule has 0 rings (SSSR count). The second kappa shape index (κ2) is 4.88. The molecule has 0 heterocycles. The van der Waals surface area contributed by atoms with Crippen molar-refractivity contribution in [3.8, 4) is 0 Å². The van der Waals surface area contributed by atoms with Gasteiger partial charge in [0.1, 0.15) is 0 Å². The van der Waals surface area contributed by atoms with E-state index in [4.69, 9.17) is 5.26 Å². The molecule has 0 aromatic rings. The van der Waals surface area contributed by atoms with Crippen LogP contribution < -0.4 is 0 Å². The third kappa shape index (κ3) is 4.54. The normalized spacial score (nSPS) is 13.1. The Morgan fingerprint density at radius 2 is 1.89 bits per heavy atom. The zero-order valence-electron chi connectivity index (χ0n) is 4.38. The maximum Gasteiger partial charge on any atom is 0.778 e. The molecule has 8 heteroatoms. The maximum atomic E-state index is 10.1. The highest BCUT2D eigenvalue weighted by Crippen LogP contribution is 2.37. The van der Waals surface area contributed by atoms with E-state index in [0.29, 0.717) is 0 Å². The minimum atomic E-state index is -2.73. The first-order valence-electron chi connectivity index (χ1n) is 1.69. The van der Waals surface area contributed by atoms with Crippen LogP contribution in [0.2, 0.25) is 0 Å². The third-order valence-corrected chi connectivity index (χ3v) is 1.85. The molecule has 6 nitrogen and oxygen atoms in total. The van der Waals surface area contributed by atoms with Gasteiger partial charge < -0.3 is 0 Å². The number of rotatable bonds is 4. The zero-order valence-corrected chi connectivity index (χ0v) is 6.17. The summed E-state index contributed by atoms with van der Waals surface area (Å²) in [6.45, 7) is 0. The molecule has 0 radical (unpaired) electrons. The minimum absolute atomic E-state index is 1.10. The van der Waals surface area contributed by atoms with Gasteiger partial charge in [0.2, 0.25) is 0 Å². The van der Waals surface area contributed by atoms with E-state index >= 15 is 0 Å². The van der Waals surface area contributed by atoms with Crippen molar-refractivity contribution in [2.45, 2.75) is 0 Å². The smallest absolute Gasteiger partial charge is 0.202 e. The molecule has 0 spiro atoms. The van der Waals surface area contributed by atoms with Gasteiger partial charge in [-0.3, -0.25) is 0 Å². The van der Waals surface area contributed by atoms with Crippen LogP contribution in [-0.2, 0) is 22.6 Å². The summed E-state index contributed by atoms with van der Waals surface area (Å²) in [6, 6.07) is 0. The van der Waals surface area contributed by atoms with Crippen molar-refractivity contribution >= 4 is 16.5 Å². The van der Waals surface area contributed by atoms with Crippen LogP contribution in [0.3, 0.4) is 0 Å². The molecule has 0 fully saturated rings. The average molecular weight is 174 g/mol. The molecule has 1 N–H and O–H groups in total. The molecule has 52 valence electrons. The average Bonchev–Trinajstić information content (AvgIpc) is 1.87. The Kier molecular flexibility index (Phi) is 4.90. The fraction of sp³-hybridized carbons (Fsp3) is 1.00. The van der Waals surface area contributed by atoms with Crippen LogP contribution in [0.15, 0.2) is 0 Å². The molecule has 0 aromatic carbocycles. The molecule has 0 aromatic heterocycles. The monoisotopic (exact) mass is 174 g/mol. The van der Waals surface area contributed by atoms with Crippen LogP contribution >= 0.6 is 16.5 Å². The first-order valence-corrected chi connectivity index (χ1v) is 3.88. The van der Waals surface area contributed by atoms with E-state index in [9.17, 15) is 9.13 Å². The van der Waals surface area contributed by atoms with Gasteiger partial charge >= 0.3 is 16.5 Å². The largest absolute Gasteiger partial charge is 0.778 e. The Labute approximate surface area is 52.6 Å². The first-order chi connectivity index (χ1) is 4.20. The molecule has 0 aliphatic carbocycles. The minimum Gasteiger partial charge on any atom is -0.202 e. The number of hydrogen-bond donors (Lipinski definition) is 1. The first kappa shape index (κ1) is 9.04. The highest BCUT2D eigenvalue weighted by molar-refractivity contribution is 7.47. The van der Waals surface area contributed by atoms with Crippen LogP contribution in [0.4, 0.5) is 0 Å². The van der Waals surface area contributed by atoms with E-state index < -0.39 is 16.5 Å². The molecular formula is CH4O6P2+2. The SMILES string of the molecule is CO[P+](=O)O[P+](=O)OO. The highest BCUT2D eigenvalue weighted by Gasteiger charge is 2.39. The summed E-state index contributed by atoms with van der Waals surface area (Å²) < 4.78 is 31.1. The van der Waals surface area contributed by atoms with E-state index in [1.165, 1.54) is 0 Å². The van der Waals surface area contributed by atoms with Crippen molar-refractivity contribution in [2.24, 2.45) is 0 Å². The molecule has 9 heavy (non-hydrogen) atoms. The van der Waals surface area contributed by atoms with E-state index in [0.717, 1.165) is 7.11 Å². The second-order valence-electron chi connectivity index (χ2n) is 0.793.